The number of carbonyl (C=O) groups excluding carboxylic acids is 1. The highest BCUT2D eigenvalue weighted by molar-refractivity contribution is 5.98. The van der Waals surface area contributed by atoms with E-state index in [0.717, 1.165) is 22.8 Å². The zero-order chi connectivity index (χ0) is 26.6. The molecule has 1 amide bonds. The Morgan fingerprint density at radius 2 is 1.81 bits per heavy atom. The monoisotopic (exact) mass is 504 g/mol. The van der Waals surface area contributed by atoms with Gasteiger partial charge < -0.3 is 10.6 Å². The molecule has 37 heavy (non-hydrogen) atoms. The van der Waals surface area contributed by atoms with Gasteiger partial charge in [-0.15, -0.1) is 0 Å². The molecule has 7 nitrogen and oxygen atoms in total. The maximum Gasteiger partial charge on any atom is 0.418 e. The first-order valence-corrected chi connectivity index (χ1v) is 11.4. The van der Waals surface area contributed by atoms with Crippen LogP contribution in [-0.2, 0) is 24.4 Å². The van der Waals surface area contributed by atoms with Gasteiger partial charge in [-0.2, -0.15) is 23.5 Å². The van der Waals surface area contributed by atoms with Gasteiger partial charge in [0.2, 0.25) is 5.91 Å². The van der Waals surface area contributed by atoms with E-state index >= 15 is 0 Å². The Balaban J connectivity index is 1.75. The molecule has 0 radical (unpaired) electrons. The lowest BCUT2D eigenvalue weighted by atomic mass is 9.99. The zero-order valence-corrected chi connectivity index (χ0v) is 20.1. The van der Waals surface area contributed by atoms with Crippen molar-refractivity contribution < 1.29 is 18.0 Å². The summed E-state index contributed by atoms with van der Waals surface area (Å²) in [6.45, 7) is 1.47. The first-order valence-electron chi connectivity index (χ1n) is 11.4. The maximum absolute atomic E-state index is 14.1. The predicted molar refractivity (Wildman–Crippen MR) is 135 cm³/mol. The van der Waals surface area contributed by atoms with Crippen LogP contribution in [0, 0.1) is 11.3 Å². The second kappa shape index (κ2) is 10.5. The molecule has 0 unspecified atom stereocenters. The number of alkyl halides is 3. The van der Waals surface area contributed by atoms with Gasteiger partial charge in [0.1, 0.15) is 0 Å². The van der Waals surface area contributed by atoms with Crippen molar-refractivity contribution in [1.29, 1.82) is 5.26 Å². The van der Waals surface area contributed by atoms with E-state index in [-0.39, 0.29) is 29.2 Å². The van der Waals surface area contributed by atoms with Crippen LogP contribution in [0.25, 0.3) is 22.4 Å². The van der Waals surface area contributed by atoms with E-state index in [1.165, 1.54) is 13.0 Å². The van der Waals surface area contributed by atoms with E-state index in [4.69, 9.17) is 5.26 Å². The number of aromatic nitrogens is 3. The van der Waals surface area contributed by atoms with Crippen molar-refractivity contribution in [3.8, 4) is 28.5 Å². The number of aryl methyl sites for hydroxylation is 1. The van der Waals surface area contributed by atoms with E-state index in [2.05, 4.69) is 20.7 Å². The molecule has 4 aromatic rings. The standard InChI is InChI=1S/C27H23F3N6O/c1-17(37)35-24-10-8-22(27(28,29)30)26(32-12-11-18-3-5-19(13-31)6-4-18)25(24)23-9-7-20(14-33-23)21-15-34-36(2)16-21/h3-10,14-16,32H,11-12H2,1-2H3,(H,35,37). The fourth-order valence-electron chi connectivity index (χ4n) is 3.94. The van der Waals surface area contributed by atoms with Crippen LogP contribution >= 0.6 is 0 Å². The lowest BCUT2D eigenvalue weighted by molar-refractivity contribution is -0.136. The topological polar surface area (TPSA) is 95.6 Å². The normalized spacial score (nSPS) is 11.1. The number of amides is 1. The third-order valence-electron chi connectivity index (χ3n) is 5.68. The molecule has 2 aromatic carbocycles. The quantitative estimate of drug-likeness (QED) is 0.339. The molecule has 0 aliphatic carbocycles. The van der Waals surface area contributed by atoms with Crippen LogP contribution in [0.2, 0.25) is 0 Å². The first-order chi connectivity index (χ1) is 17.7. The maximum atomic E-state index is 14.1. The van der Waals surface area contributed by atoms with Gasteiger partial charge in [0.15, 0.2) is 0 Å². The molecule has 0 fully saturated rings. The van der Waals surface area contributed by atoms with Crippen molar-refractivity contribution in [1.82, 2.24) is 14.8 Å². The molecular formula is C27H23F3N6O. The molecule has 2 heterocycles. The van der Waals surface area contributed by atoms with Gasteiger partial charge >= 0.3 is 6.18 Å². The van der Waals surface area contributed by atoms with Crippen LogP contribution in [0.3, 0.4) is 0 Å². The largest absolute Gasteiger partial charge is 0.418 e. The summed E-state index contributed by atoms with van der Waals surface area (Å²) in [5.41, 5.74) is 2.51. The van der Waals surface area contributed by atoms with Gasteiger partial charge in [0.05, 0.1) is 40.5 Å². The molecule has 10 heteroatoms. The SMILES string of the molecule is CC(=O)Nc1ccc(C(F)(F)F)c(NCCc2ccc(C#N)cc2)c1-c1ccc(-c2cnn(C)c2)cn1. The molecule has 0 aliphatic heterocycles. The zero-order valence-electron chi connectivity index (χ0n) is 20.1. The summed E-state index contributed by atoms with van der Waals surface area (Å²) in [5.74, 6) is -0.420. The van der Waals surface area contributed by atoms with E-state index in [0.29, 0.717) is 12.0 Å². The number of halogens is 3. The highest BCUT2D eigenvalue weighted by Crippen LogP contribution is 2.44. The van der Waals surface area contributed by atoms with Crippen molar-refractivity contribution >= 4 is 17.3 Å². The lowest BCUT2D eigenvalue weighted by Crippen LogP contribution is -2.16. The third kappa shape index (κ3) is 5.95. The number of carbonyl (C=O) groups is 1. The molecule has 2 N–H and O–H groups in total. The summed E-state index contributed by atoms with van der Waals surface area (Å²) in [7, 11) is 1.78. The number of nitrogens with one attached hydrogen (secondary N) is 2. The number of hydrogen-bond donors (Lipinski definition) is 2. The lowest BCUT2D eigenvalue weighted by Gasteiger charge is -2.21. The Bertz CT molecular complexity index is 1450. The number of hydrogen-bond acceptors (Lipinski definition) is 5. The van der Waals surface area contributed by atoms with E-state index in [1.807, 2.05) is 6.07 Å². The molecule has 188 valence electrons. The molecular weight excluding hydrogens is 481 g/mol. The molecule has 0 spiro atoms. The van der Waals surface area contributed by atoms with Gasteiger partial charge in [0.25, 0.3) is 0 Å². The first kappa shape index (κ1) is 25.4. The molecule has 0 bridgehead atoms. The Morgan fingerprint density at radius 1 is 1.05 bits per heavy atom. The van der Waals surface area contributed by atoms with E-state index < -0.39 is 17.6 Å². The van der Waals surface area contributed by atoms with Crippen LogP contribution < -0.4 is 10.6 Å². The summed E-state index contributed by atoms with van der Waals surface area (Å²) in [6, 6.07) is 14.4. The molecule has 4 rings (SSSR count). The van der Waals surface area contributed by atoms with E-state index in [9.17, 15) is 18.0 Å². The molecule has 0 saturated carbocycles. The van der Waals surface area contributed by atoms with Gasteiger partial charge in [-0.05, 0) is 42.3 Å². The Hall–Kier alpha value is -4.65. The second-order valence-corrected chi connectivity index (χ2v) is 8.41. The summed E-state index contributed by atoms with van der Waals surface area (Å²) in [5, 5.41) is 18.7. The highest BCUT2D eigenvalue weighted by Gasteiger charge is 2.35. The van der Waals surface area contributed by atoms with Crippen molar-refractivity contribution in [2.75, 3.05) is 17.2 Å². The van der Waals surface area contributed by atoms with Crippen LogP contribution in [-0.4, -0.2) is 27.2 Å². The molecule has 0 saturated heterocycles. The van der Waals surface area contributed by atoms with Crippen molar-refractivity contribution in [2.45, 2.75) is 19.5 Å². The van der Waals surface area contributed by atoms with Crippen molar-refractivity contribution in [3.63, 3.8) is 0 Å². The predicted octanol–water partition coefficient (Wildman–Crippen LogP) is 5.65. The van der Waals surface area contributed by atoms with Crippen LogP contribution in [0.15, 0.2) is 67.1 Å². The Morgan fingerprint density at radius 3 is 2.38 bits per heavy atom. The van der Waals surface area contributed by atoms with Gasteiger partial charge in [-0.1, -0.05) is 18.2 Å². The average molecular weight is 505 g/mol. The average Bonchev–Trinajstić information content (AvgIpc) is 3.30. The van der Waals surface area contributed by atoms with Crippen LogP contribution in [0.5, 0.6) is 0 Å². The fourth-order valence-corrected chi connectivity index (χ4v) is 3.94. The number of nitrogens with zero attached hydrogens (tertiary/aromatic N) is 4. The minimum Gasteiger partial charge on any atom is -0.384 e. The number of nitriles is 1. The smallest absolute Gasteiger partial charge is 0.384 e. The number of anilines is 2. The number of pyridine rings is 1. The van der Waals surface area contributed by atoms with E-state index in [1.54, 1.807) is 66.7 Å². The molecule has 0 aliphatic rings. The van der Waals surface area contributed by atoms with Crippen LogP contribution in [0.4, 0.5) is 24.5 Å². The van der Waals surface area contributed by atoms with Crippen molar-refractivity contribution in [2.24, 2.45) is 7.05 Å². The molecule has 2 aromatic heterocycles. The number of rotatable bonds is 7. The fraction of sp³-hybridized carbons (Fsp3) is 0.185. The minimum absolute atomic E-state index is 0.141. The molecule has 0 atom stereocenters. The van der Waals surface area contributed by atoms with Crippen LogP contribution in [0.1, 0.15) is 23.6 Å². The third-order valence-corrected chi connectivity index (χ3v) is 5.68. The van der Waals surface area contributed by atoms with Gasteiger partial charge in [0, 0.05) is 49.6 Å². The Labute approximate surface area is 211 Å². The summed E-state index contributed by atoms with van der Waals surface area (Å²) in [4.78, 5) is 16.3. The van der Waals surface area contributed by atoms with Gasteiger partial charge in [-0.25, -0.2) is 0 Å². The summed E-state index contributed by atoms with van der Waals surface area (Å²) < 4.78 is 43.9. The summed E-state index contributed by atoms with van der Waals surface area (Å²) in [6.07, 6.45) is 0.806. The highest BCUT2D eigenvalue weighted by atomic mass is 19.4. The van der Waals surface area contributed by atoms with Gasteiger partial charge in [-0.3, -0.25) is 14.5 Å². The Kier molecular flexibility index (Phi) is 7.25. The minimum atomic E-state index is -4.64. The van der Waals surface area contributed by atoms with Crippen molar-refractivity contribution in [3.05, 3.63) is 83.8 Å². The number of benzene rings is 2. The summed E-state index contributed by atoms with van der Waals surface area (Å²) >= 11 is 0. The second-order valence-electron chi connectivity index (χ2n) is 8.41.